The van der Waals surface area contributed by atoms with Crippen LogP contribution in [-0.4, -0.2) is 13.1 Å². The van der Waals surface area contributed by atoms with Crippen molar-refractivity contribution in [1.29, 1.82) is 5.26 Å². The van der Waals surface area contributed by atoms with Gasteiger partial charge in [-0.1, -0.05) is 57.0 Å². The zero-order chi connectivity index (χ0) is 12.5. The Bertz CT molecular complexity index is 336. The van der Waals surface area contributed by atoms with Crippen molar-refractivity contribution in [3.05, 3.63) is 35.9 Å². The van der Waals surface area contributed by atoms with Gasteiger partial charge in [-0.05, 0) is 18.0 Å². The smallest absolute Gasteiger partial charge is 0.0837 e. The SMILES string of the molecule is CCC(CC)CNCC(C#N)c1ccccc1. The second-order valence-corrected chi connectivity index (χ2v) is 4.43. The lowest BCUT2D eigenvalue weighted by molar-refractivity contribution is 0.447. The summed E-state index contributed by atoms with van der Waals surface area (Å²) in [5.74, 6) is 0.690. The summed E-state index contributed by atoms with van der Waals surface area (Å²) in [5, 5.41) is 12.6. The highest BCUT2D eigenvalue weighted by molar-refractivity contribution is 5.24. The maximum absolute atomic E-state index is 9.17. The number of rotatable bonds is 7. The molecular weight excluding hydrogens is 208 g/mol. The fraction of sp³-hybridized carbons (Fsp3) is 0.533. The molecule has 0 saturated heterocycles. The van der Waals surface area contributed by atoms with Gasteiger partial charge in [-0.2, -0.15) is 5.26 Å². The van der Waals surface area contributed by atoms with Crippen molar-refractivity contribution < 1.29 is 0 Å². The Morgan fingerprint density at radius 2 is 1.76 bits per heavy atom. The third-order valence-corrected chi connectivity index (χ3v) is 3.29. The van der Waals surface area contributed by atoms with E-state index in [1.54, 1.807) is 0 Å². The highest BCUT2D eigenvalue weighted by Gasteiger charge is 2.10. The molecule has 2 heteroatoms. The first kappa shape index (κ1) is 13.7. The number of nitriles is 1. The summed E-state index contributed by atoms with van der Waals surface area (Å²) in [6.07, 6.45) is 2.40. The van der Waals surface area contributed by atoms with Crippen molar-refractivity contribution in [3.8, 4) is 6.07 Å². The predicted molar refractivity (Wildman–Crippen MR) is 71.7 cm³/mol. The van der Waals surface area contributed by atoms with Gasteiger partial charge in [0.05, 0.1) is 12.0 Å². The van der Waals surface area contributed by atoms with Crippen LogP contribution >= 0.6 is 0 Å². The van der Waals surface area contributed by atoms with Crippen molar-refractivity contribution in [2.45, 2.75) is 32.6 Å². The molecule has 0 aliphatic carbocycles. The average molecular weight is 230 g/mol. The van der Waals surface area contributed by atoms with Crippen LogP contribution in [0.3, 0.4) is 0 Å². The Morgan fingerprint density at radius 3 is 2.29 bits per heavy atom. The van der Waals surface area contributed by atoms with Crippen LogP contribution in [0, 0.1) is 17.2 Å². The topological polar surface area (TPSA) is 35.8 Å². The van der Waals surface area contributed by atoms with Gasteiger partial charge >= 0.3 is 0 Å². The van der Waals surface area contributed by atoms with E-state index in [0.717, 1.165) is 24.6 Å². The van der Waals surface area contributed by atoms with E-state index in [9.17, 15) is 0 Å². The van der Waals surface area contributed by atoms with E-state index in [1.807, 2.05) is 30.3 Å². The van der Waals surface area contributed by atoms with Gasteiger partial charge in [0.15, 0.2) is 0 Å². The Labute approximate surface area is 105 Å². The largest absolute Gasteiger partial charge is 0.315 e. The number of hydrogen-bond donors (Lipinski definition) is 1. The third-order valence-electron chi connectivity index (χ3n) is 3.29. The van der Waals surface area contributed by atoms with Crippen molar-refractivity contribution in [3.63, 3.8) is 0 Å². The molecule has 1 aromatic carbocycles. The van der Waals surface area contributed by atoms with Gasteiger partial charge in [-0.3, -0.25) is 0 Å². The molecule has 1 atom stereocenters. The van der Waals surface area contributed by atoms with E-state index in [1.165, 1.54) is 12.8 Å². The molecule has 0 bridgehead atoms. The molecule has 0 amide bonds. The Morgan fingerprint density at radius 1 is 1.12 bits per heavy atom. The van der Waals surface area contributed by atoms with Crippen LogP contribution in [0.2, 0.25) is 0 Å². The highest BCUT2D eigenvalue weighted by atomic mass is 14.9. The van der Waals surface area contributed by atoms with E-state index >= 15 is 0 Å². The highest BCUT2D eigenvalue weighted by Crippen LogP contribution is 2.13. The molecule has 2 nitrogen and oxygen atoms in total. The summed E-state index contributed by atoms with van der Waals surface area (Å²) in [6.45, 7) is 6.19. The van der Waals surface area contributed by atoms with Gasteiger partial charge in [0.1, 0.15) is 0 Å². The summed E-state index contributed by atoms with van der Waals surface area (Å²) in [7, 11) is 0. The molecule has 17 heavy (non-hydrogen) atoms. The second-order valence-electron chi connectivity index (χ2n) is 4.43. The van der Waals surface area contributed by atoms with Crippen LogP contribution < -0.4 is 5.32 Å². The summed E-state index contributed by atoms with van der Waals surface area (Å²) in [6, 6.07) is 12.4. The zero-order valence-corrected chi connectivity index (χ0v) is 10.8. The molecule has 0 heterocycles. The number of benzene rings is 1. The van der Waals surface area contributed by atoms with Gasteiger partial charge in [-0.15, -0.1) is 0 Å². The Balaban J connectivity index is 2.42. The minimum atomic E-state index is -0.0365. The molecule has 1 rings (SSSR count). The monoisotopic (exact) mass is 230 g/mol. The van der Waals surface area contributed by atoms with Gasteiger partial charge in [0.2, 0.25) is 0 Å². The standard InChI is InChI=1S/C15H22N2/c1-3-13(4-2)11-17-12-15(10-16)14-8-6-5-7-9-14/h5-9,13,15,17H,3-4,11-12H2,1-2H3. The molecule has 1 unspecified atom stereocenters. The van der Waals surface area contributed by atoms with Gasteiger partial charge in [0.25, 0.3) is 0 Å². The van der Waals surface area contributed by atoms with Crippen molar-refractivity contribution in [2.75, 3.05) is 13.1 Å². The van der Waals surface area contributed by atoms with Crippen LogP contribution in [0.25, 0.3) is 0 Å². The van der Waals surface area contributed by atoms with Crippen molar-refractivity contribution in [2.24, 2.45) is 5.92 Å². The second kappa shape index (κ2) is 7.86. The van der Waals surface area contributed by atoms with Crippen molar-refractivity contribution in [1.82, 2.24) is 5.32 Å². The van der Waals surface area contributed by atoms with Crippen LogP contribution in [0.15, 0.2) is 30.3 Å². The lowest BCUT2D eigenvalue weighted by Crippen LogP contribution is -2.26. The zero-order valence-electron chi connectivity index (χ0n) is 10.8. The molecular formula is C15H22N2. The quantitative estimate of drug-likeness (QED) is 0.780. The van der Waals surface area contributed by atoms with E-state index in [-0.39, 0.29) is 5.92 Å². The summed E-state index contributed by atoms with van der Waals surface area (Å²) >= 11 is 0. The first-order valence-electron chi connectivity index (χ1n) is 6.47. The summed E-state index contributed by atoms with van der Waals surface area (Å²) in [4.78, 5) is 0. The van der Waals surface area contributed by atoms with E-state index in [2.05, 4.69) is 25.2 Å². The maximum Gasteiger partial charge on any atom is 0.0837 e. The molecule has 92 valence electrons. The molecule has 0 fully saturated rings. The first-order valence-corrected chi connectivity index (χ1v) is 6.47. The molecule has 0 radical (unpaired) electrons. The van der Waals surface area contributed by atoms with E-state index in [4.69, 9.17) is 5.26 Å². The maximum atomic E-state index is 9.17. The molecule has 0 aliphatic rings. The number of nitrogens with one attached hydrogen (secondary N) is 1. The molecule has 0 spiro atoms. The molecule has 1 N–H and O–H groups in total. The minimum Gasteiger partial charge on any atom is -0.315 e. The first-order chi connectivity index (χ1) is 8.31. The normalized spacial score (nSPS) is 12.4. The number of hydrogen-bond acceptors (Lipinski definition) is 2. The average Bonchev–Trinajstić information content (AvgIpc) is 2.40. The fourth-order valence-electron chi connectivity index (χ4n) is 1.93. The molecule has 0 saturated carbocycles. The Hall–Kier alpha value is -1.33. The van der Waals surface area contributed by atoms with Crippen LogP contribution in [0.1, 0.15) is 38.2 Å². The van der Waals surface area contributed by atoms with Gasteiger partial charge < -0.3 is 5.32 Å². The number of nitrogens with zero attached hydrogens (tertiary/aromatic N) is 1. The lowest BCUT2D eigenvalue weighted by atomic mass is 9.99. The van der Waals surface area contributed by atoms with Crippen LogP contribution in [0.4, 0.5) is 0 Å². The van der Waals surface area contributed by atoms with Crippen LogP contribution in [0.5, 0.6) is 0 Å². The minimum absolute atomic E-state index is 0.0365. The van der Waals surface area contributed by atoms with Crippen molar-refractivity contribution >= 4 is 0 Å². The molecule has 0 aliphatic heterocycles. The van der Waals surface area contributed by atoms with Crippen LogP contribution in [-0.2, 0) is 0 Å². The Kier molecular flexibility index (Phi) is 6.35. The van der Waals surface area contributed by atoms with Gasteiger partial charge in [0, 0.05) is 6.54 Å². The summed E-state index contributed by atoms with van der Waals surface area (Å²) < 4.78 is 0. The van der Waals surface area contributed by atoms with Gasteiger partial charge in [-0.25, -0.2) is 0 Å². The fourth-order valence-corrected chi connectivity index (χ4v) is 1.93. The molecule has 1 aromatic rings. The van der Waals surface area contributed by atoms with E-state index in [0.29, 0.717) is 0 Å². The lowest BCUT2D eigenvalue weighted by Gasteiger charge is -2.15. The van der Waals surface area contributed by atoms with E-state index < -0.39 is 0 Å². The third kappa shape index (κ3) is 4.58. The molecule has 0 aromatic heterocycles. The predicted octanol–water partition coefficient (Wildman–Crippen LogP) is 3.32. The summed E-state index contributed by atoms with van der Waals surface area (Å²) in [5.41, 5.74) is 1.10.